The van der Waals surface area contributed by atoms with Crippen LogP contribution < -0.4 is 15.2 Å². The molecule has 0 saturated carbocycles. The van der Waals surface area contributed by atoms with E-state index < -0.39 is 0 Å². The molecule has 0 aliphatic heterocycles. The van der Waals surface area contributed by atoms with Crippen LogP contribution >= 0.6 is 0 Å². The number of rotatable bonds is 7. The van der Waals surface area contributed by atoms with E-state index in [1.807, 2.05) is 42.8 Å². The SMILES string of the molecule is CCOc1ncccc1-c1nc2c(C)nn(C(C)C)c2c(N)c1Cc1ccc(OC)cn1. The molecule has 0 aliphatic carbocycles. The molecule has 0 saturated heterocycles. The van der Waals surface area contributed by atoms with E-state index in [-0.39, 0.29) is 6.04 Å². The normalized spacial score (nSPS) is 11.3. The van der Waals surface area contributed by atoms with Gasteiger partial charge in [0, 0.05) is 29.9 Å². The van der Waals surface area contributed by atoms with E-state index in [1.165, 1.54) is 0 Å². The molecule has 0 unspecified atom stereocenters. The van der Waals surface area contributed by atoms with Gasteiger partial charge in [0.1, 0.15) is 16.8 Å². The van der Waals surface area contributed by atoms with E-state index in [0.29, 0.717) is 30.3 Å². The predicted octanol–water partition coefficient (Wildman–Crippen LogP) is 4.36. The summed E-state index contributed by atoms with van der Waals surface area (Å²) in [7, 11) is 1.62. The maximum absolute atomic E-state index is 6.82. The minimum absolute atomic E-state index is 0.144. The van der Waals surface area contributed by atoms with Crippen molar-refractivity contribution in [1.82, 2.24) is 24.7 Å². The largest absolute Gasteiger partial charge is 0.495 e. The third-order valence-corrected chi connectivity index (χ3v) is 5.33. The monoisotopic (exact) mass is 432 g/mol. The number of fused-ring (bicyclic) bond motifs is 1. The van der Waals surface area contributed by atoms with Crippen LogP contribution in [-0.2, 0) is 6.42 Å². The van der Waals surface area contributed by atoms with Crippen molar-refractivity contribution in [1.29, 1.82) is 0 Å². The third-order valence-electron chi connectivity index (χ3n) is 5.33. The van der Waals surface area contributed by atoms with Crippen molar-refractivity contribution in [3.8, 4) is 22.9 Å². The van der Waals surface area contributed by atoms with Crippen molar-refractivity contribution >= 4 is 16.7 Å². The molecule has 32 heavy (non-hydrogen) atoms. The molecule has 0 aromatic carbocycles. The second kappa shape index (κ2) is 8.82. The summed E-state index contributed by atoms with van der Waals surface area (Å²) in [6.45, 7) is 8.55. The fourth-order valence-electron chi connectivity index (χ4n) is 3.79. The van der Waals surface area contributed by atoms with Gasteiger partial charge in [-0.1, -0.05) is 0 Å². The highest BCUT2D eigenvalue weighted by molar-refractivity contribution is 5.95. The summed E-state index contributed by atoms with van der Waals surface area (Å²) in [5.74, 6) is 1.23. The third kappa shape index (κ3) is 3.84. The van der Waals surface area contributed by atoms with Gasteiger partial charge in [0.05, 0.1) is 42.6 Å². The van der Waals surface area contributed by atoms with Gasteiger partial charge in [0.15, 0.2) is 0 Å². The number of ether oxygens (including phenoxy) is 2. The first-order valence-corrected chi connectivity index (χ1v) is 10.7. The highest BCUT2D eigenvalue weighted by Gasteiger charge is 2.23. The van der Waals surface area contributed by atoms with Gasteiger partial charge in [0.2, 0.25) is 5.88 Å². The number of pyridine rings is 3. The summed E-state index contributed by atoms with van der Waals surface area (Å²) in [5.41, 5.74) is 13.2. The highest BCUT2D eigenvalue weighted by Crippen LogP contribution is 2.38. The van der Waals surface area contributed by atoms with Crippen LogP contribution in [0, 0.1) is 6.92 Å². The molecular weight excluding hydrogens is 404 g/mol. The van der Waals surface area contributed by atoms with Crippen LogP contribution in [0.2, 0.25) is 0 Å². The maximum atomic E-state index is 6.82. The Hall–Kier alpha value is -3.68. The fraction of sp³-hybridized carbons (Fsp3) is 0.333. The number of nitrogen functional groups attached to an aromatic ring is 1. The molecule has 0 fully saturated rings. The number of nitrogens with zero attached hydrogens (tertiary/aromatic N) is 5. The van der Waals surface area contributed by atoms with Crippen LogP contribution in [0.5, 0.6) is 11.6 Å². The lowest BCUT2D eigenvalue weighted by Gasteiger charge is -2.17. The molecule has 0 atom stereocenters. The zero-order valence-corrected chi connectivity index (χ0v) is 19.1. The minimum Gasteiger partial charge on any atom is -0.495 e. The van der Waals surface area contributed by atoms with Crippen molar-refractivity contribution in [2.24, 2.45) is 0 Å². The van der Waals surface area contributed by atoms with Crippen LogP contribution in [-0.4, -0.2) is 38.4 Å². The molecule has 0 radical (unpaired) electrons. The number of aromatic nitrogens is 5. The Labute approximate surface area is 187 Å². The molecule has 4 aromatic rings. The van der Waals surface area contributed by atoms with Crippen molar-refractivity contribution in [3.63, 3.8) is 0 Å². The molecule has 4 rings (SSSR count). The minimum atomic E-state index is 0.144. The molecule has 166 valence electrons. The quantitative estimate of drug-likeness (QED) is 0.463. The van der Waals surface area contributed by atoms with Crippen LogP contribution in [0.25, 0.3) is 22.3 Å². The Balaban J connectivity index is 1.99. The van der Waals surface area contributed by atoms with Crippen molar-refractivity contribution in [2.45, 2.75) is 40.2 Å². The van der Waals surface area contributed by atoms with Gasteiger partial charge in [-0.05, 0) is 52.0 Å². The smallest absolute Gasteiger partial charge is 0.222 e. The van der Waals surface area contributed by atoms with Gasteiger partial charge in [0.25, 0.3) is 0 Å². The summed E-state index contributed by atoms with van der Waals surface area (Å²) in [4.78, 5) is 14.0. The van der Waals surface area contributed by atoms with Gasteiger partial charge < -0.3 is 15.2 Å². The Morgan fingerprint density at radius 2 is 1.97 bits per heavy atom. The summed E-state index contributed by atoms with van der Waals surface area (Å²) < 4.78 is 13.0. The molecule has 2 N–H and O–H groups in total. The average Bonchev–Trinajstić information content (AvgIpc) is 3.13. The molecular formula is C24H28N6O2. The maximum Gasteiger partial charge on any atom is 0.222 e. The second-order valence-corrected chi connectivity index (χ2v) is 7.83. The van der Waals surface area contributed by atoms with Crippen molar-refractivity contribution < 1.29 is 9.47 Å². The van der Waals surface area contributed by atoms with Gasteiger partial charge in [-0.25, -0.2) is 9.97 Å². The molecule has 0 aliphatic rings. The topological polar surface area (TPSA) is 101 Å². The zero-order valence-electron chi connectivity index (χ0n) is 19.1. The Morgan fingerprint density at radius 3 is 2.62 bits per heavy atom. The van der Waals surface area contributed by atoms with E-state index in [4.69, 9.17) is 25.3 Å². The Morgan fingerprint density at radius 1 is 1.16 bits per heavy atom. The van der Waals surface area contributed by atoms with E-state index in [0.717, 1.165) is 39.2 Å². The first kappa shape index (κ1) is 21.5. The predicted molar refractivity (Wildman–Crippen MR) is 125 cm³/mol. The number of hydrogen-bond donors (Lipinski definition) is 1. The first-order valence-electron chi connectivity index (χ1n) is 10.7. The number of methoxy groups -OCH3 is 1. The summed E-state index contributed by atoms with van der Waals surface area (Å²) in [6.07, 6.45) is 3.91. The van der Waals surface area contributed by atoms with Gasteiger partial charge in [-0.2, -0.15) is 5.10 Å². The Bertz CT molecular complexity index is 1250. The first-order chi connectivity index (χ1) is 15.4. The van der Waals surface area contributed by atoms with Gasteiger partial charge >= 0.3 is 0 Å². The van der Waals surface area contributed by atoms with E-state index in [9.17, 15) is 0 Å². The number of nitrogens with two attached hydrogens (primary N) is 1. The lowest BCUT2D eigenvalue weighted by atomic mass is 9.99. The fourth-order valence-corrected chi connectivity index (χ4v) is 3.79. The van der Waals surface area contributed by atoms with Crippen molar-refractivity contribution in [2.75, 3.05) is 19.5 Å². The standard InChI is InChI=1S/C24H28N6O2/c1-6-32-24-18(8-7-11-26-24)22-19(12-16-9-10-17(31-5)13-27-16)20(25)23-21(28-22)15(4)29-30(23)14(2)3/h7-11,13-14H,6,12H2,1-5H3,(H2,25,28). The summed E-state index contributed by atoms with van der Waals surface area (Å²) in [6, 6.07) is 7.80. The number of aryl methyl sites for hydroxylation is 1. The molecule has 8 heteroatoms. The number of anilines is 1. The second-order valence-electron chi connectivity index (χ2n) is 7.83. The van der Waals surface area contributed by atoms with Gasteiger partial charge in [-0.3, -0.25) is 9.67 Å². The zero-order chi connectivity index (χ0) is 22.8. The van der Waals surface area contributed by atoms with Crippen LogP contribution in [0.3, 0.4) is 0 Å². The van der Waals surface area contributed by atoms with Crippen molar-refractivity contribution in [3.05, 3.63) is 53.6 Å². The molecule has 8 nitrogen and oxygen atoms in total. The number of hydrogen-bond acceptors (Lipinski definition) is 7. The Kier molecular flexibility index (Phi) is 5.94. The molecule has 0 bridgehead atoms. The molecule has 0 spiro atoms. The lowest BCUT2D eigenvalue weighted by Crippen LogP contribution is -2.09. The molecule has 0 amide bonds. The average molecular weight is 433 g/mol. The van der Waals surface area contributed by atoms with E-state index >= 15 is 0 Å². The lowest BCUT2D eigenvalue weighted by molar-refractivity contribution is 0.328. The molecule has 4 aromatic heterocycles. The molecule has 4 heterocycles. The van der Waals surface area contributed by atoms with Crippen LogP contribution in [0.15, 0.2) is 36.7 Å². The van der Waals surface area contributed by atoms with Crippen LogP contribution in [0.4, 0.5) is 5.69 Å². The highest BCUT2D eigenvalue weighted by atomic mass is 16.5. The van der Waals surface area contributed by atoms with E-state index in [2.05, 4.69) is 23.8 Å². The van der Waals surface area contributed by atoms with Gasteiger partial charge in [-0.15, -0.1) is 0 Å². The summed E-state index contributed by atoms with van der Waals surface area (Å²) >= 11 is 0. The van der Waals surface area contributed by atoms with Crippen LogP contribution in [0.1, 0.15) is 43.8 Å². The summed E-state index contributed by atoms with van der Waals surface area (Å²) in [5, 5.41) is 4.71. The van der Waals surface area contributed by atoms with E-state index in [1.54, 1.807) is 19.5 Å².